The third-order valence-electron chi connectivity index (χ3n) is 3.44. The smallest absolute Gasteiger partial charge is 0.217 e. The maximum absolute atomic E-state index is 5.83. The standard InChI is InChI=1S/C13H21N3O/c1-17-13-11(5-4-7-15-13)10-16-8-3-2-6-12(16)9-14/h4-5,7,12H,2-3,6,8-10,14H2,1H3. The van der Waals surface area contributed by atoms with Crippen LogP contribution in [0.25, 0.3) is 0 Å². The Balaban J connectivity index is 2.08. The number of ether oxygens (including phenoxy) is 1. The van der Waals surface area contributed by atoms with E-state index in [-0.39, 0.29) is 0 Å². The lowest BCUT2D eigenvalue weighted by Gasteiger charge is -2.35. The van der Waals surface area contributed by atoms with Gasteiger partial charge in [-0.1, -0.05) is 12.5 Å². The molecule has 1 aromatic heterocycles. The fourth-order valence-corrected chi connectivity index (χ4v) is 2.48. The fraction of sp³-hybridized carbons (Fsp3) is 0.615. The topological polar surface area (TPSA) is 51.4 Å². The molecule has 94 valence electrons. The average molecular weight is 235 g/mol. The zero-order chi connectivity index (χ0) is 12.1. The van der Waals surface area contributed by atoms with Crippen molar-refractivity contribution in [1.29, 1.82) is 0 Å². The minimum atomic E-state index is 0.508. The van der Waals surface area contributed by atoms with Crippen LogP contribution in [0.5, 0.6) is 5.88 Å². The van der Waals surface area contributed by atoms with Gasteiger partial charge in [-0.2, -0.15) is 0 Å². The molecule has 1 atom stereocenters. The van der Waals surface area contributed by atoms with Gasteiger partial charge in [0.05, 0.1) is 7.11 Å². The molecule has 1 aliphatic rings. The van der Waals surface area contributed by atoms with Crippen molar-refractivity contribution in [2.24, 2.45) is 5.73 Å². The van der Waals surface area contributed by atoms with Crippen molar-refractivity contribution < 1.29 is 4.74 Å². The molecule has 1 saturated heterocycles. The van der Waals surface area contributed by atoms with E-state index in [0.717, 1.165) is 31.1 Å². The number of piperidine rings is 1. The van der Waals surface area contributed by atoms with E-state index in [1.54, 1.807) is 13.3 Å². The molecule has 4 nitrogen and oxygen atoms in total. The summed E-state index contributed by atoms with van der Waals surface area (Å²) in [6, 6.07) is 4.54. The van der Waals surface area contributed by atoms with E-state index in [1.165, 1.54) is 19.3 Å². The summed E-state index contributed by atoms with van der Waals surface area (Å²) in [6.07, 6.45) is 5.53. The van der Waals surface area contributed by atoms with E-state index in [2.05, 4.69) is 16.0 Å². The van der Waals surface area contributed by atoms with Gasteiger partial charge in [-0.05, 0) is 25.5 Å². The Bertz CT molecular complexity index is 356. The van der Waals surface area contributed by atoms with Gasteiger partial charge in [-0.15, -0.1) is 0 Å². The van der Waals surface area contributed by atoms with Crippen LogP contribution in [-0.4, -0.2) is 36.1 Å². The first-order valence-electron chi connectivity index (χ1n) is 6.27. The van der Waals surface area contributed by atoms with Crippen molar-refractivity contribution in [3.63, 3.8) is 0 Å². The molecule has 2 heterocycles. The second-order valence-corrected chi connectivity index (χ2v) is 4.53. The van der Waals surface area contributed by atoms with Crippen LogP contribution >= 0.6 is 0 Å². The van der Waals surface area contributed by atoms with Gasteiger partial charge in [0.2, 0.25) is 5.88 Å². The molecule has 1 fully saturated rings. The number of pyridine rings is 1. The second-order valence-electron chi connectivity index (χ2n) is 4.53. The number of hydrogen-bond donors (Lipinski definition) is 1. The molecule has 1 aromatic rings. The first kappa shape index (κ1) is 12.3. The van der Waals surface area contributed by atoms with E-state index in [1.807, 2.05) is 6.07 Å². The molecular formula is C13H21N3O. The summed E-state index contributed by atoms with van der Waals surface area (Å²) < 4.78 is 5.29. The van der Waals surface area contributed by atoms with Gasteiger partial charge in [-0.25, -0.2) is 4.98 Å². The summed E-state index contributed by atoms with van der Waals surface area (Å²) in [5.41, 5.74) is 6.98. The number of methoxy groups -OCH3 is 1. The van der Waals surface area contributed by atoms with Crippen LogP contribution in [0.1, 0.15) is 24.8 Å². The third-order valence-corrected chi connectivity index (χ3v) is 3.44. The molecule has 1 aliphatic heterocycles. The maximum Gasteiger partial charge on any atom is 0.217 e. The van der Waals surface area contributed by atoms with Crippen LogP contribution in [-0.2, 0) is 6.54 Å². The molecule has 2 rings (SSSR count). The first-order valence-corrected chi connectivity index (χ1v) is 6.27. The van der Waals surface area contributed by atoms with Gasteiger partial charge in [-0.3, -0.25) is 4.90 Å². The minimum absolute atomic E-state index is 0.508. The highest BCUT2D eigenvalue weighted by molar-refractivity contribution is 5.25. The predicted octanol–water partition coefficient (Wildman–Crippen LogP) is 1.40. The Kier molecular flexibility index (Phi) is 4.34. The van der Waals surface area contributed by atoms with E-state index in [9.17, 15) is 0 Å². The quantitative estimate of drug-likeness (QED) is 0.857. The number of nitrogens with two attached hydrogens (primary N) is 1. The Labute approximate surface area is 103 Å². The Hall–Kier alpha value is -1.13. The Morgan fingerprint density at radius 2 is 2.41 bits per heavy atom. The molecular weight excluding hydrogens is 214 g/mol. The molecule has 17 heavy (non-hydrogen) atoms. The minimum Gasteiger partial charge on any atom is -0.481 e. The normalized spacial score (nSPS) is 21.4. The van der Waals surface area contributed by atoms with Crippen LogP contribution in [0, 0.1) is 0 Å². The van der Waals surface area contributed by atoms with Crippen molar-refractivity contribution in [2.45, 2.75) is 31.8 Å². The van der Waals surface area contributed by atoms with Gasteiger partial charge >= 0.3 is 0 Å². The van der Waals surface area contributed by atoms with Gasteiger partial charge in [0.25, 0.3) is 0 Å². The molecule has 0 aliphatic carbocycles. The zero-order valence-electron chi connectivity index (χ0n) is 10.4. The molecule has 0 saturated carbocycles. The number of rotatable bonds is 4. The highest BCUT2D eigenvalue weighted by Gasteiger charge is 2.22. The van der Waals surface area contributed by atoms with Gasteiger partial charge in [0.15, 0.2) is 0 Å². The first-order chi connectivity index (χ1) is 8.35. The van der Waals surface area contributed by atoms with E-state index >= 15 is 0 Å². The van der Waals surface area contributed by atoms with Crippen LogP contribution in [0.15, 0.2) is 18.3 Å². The largest absolute Gasteiger partial charge is 0.481 e. The second kappa shape index (κ2) is 5.98. The average Bonchev–Trinajstić information content (AvgIpc) is 2.40. The molecule has 0 bridgehead atoms. The molecule has 0 aromatic carbocycles. The molecule has 2 N–H and O–H groups in total. The van der Waals surface area contributed by atoms with E-state index in [0.29, 0.717) is 6.04 Å². The summed E-state index contributed by atoms with van der Waals surface area (Å²) in [6.45, 7) is 2.75. The van der Waals surface area contributed by atoms with Crippen LogP contribution in [0.3, 0.4) is 0 Å². The monoisotopic (exact) mass is 235 g/mol. The molecule has 0 spiro atoms. The molecule has 0 amide bonds. The number of aromatic nitrogens is 1. The SMILES string of the molecule is COc1ncccc1CN1CCCCC1CN. The van der Waals surface area contributed by atoms with E-state index in [4.69, 9.17) is 10.5 Å². The van der Waals surface area contributed by atoms with Crippen molar-refractivity contribution in [3.05, 3.63) is 23.9 Å². The fourth-order valence-electron chi connectivity index (χ4n) is 2.48. The summed E-state index contributed by atoms with van der Waals surface area (Å²) in [5, 5.41) is 0. The van der Waals surface area contributed by atoms with Crippen LogP contribution in [0.2, 0.25) is 0 Å². The van der Waals surface area contributed by atoms with E-state index < -0.39 is 0 Å². The molecule has 1 unspecified atom stereocenters. The van der Waals surface area contributed by atoms with Crippen molar-refractivity contribution >= 4 is 0 Å². The lowest BCUT2D eigenvalue weighted by Crippen LogP contribution is -2.43. The highest BCUT2D eigenvalue weighted by Crippen LogP contribution is 2.22. The zero-order valence-corrected chi connectivity index (χ0v) is 10.4. The number of hydrogen-bond acceptors (Lipinski definition) is 4. The highest BCUT2D eigenvalue weighted by atomic mass is 16.5. The Morgan fingerprint density at radius 3 is 3.18 bits per heavy atom. The van der Waals surface area contributed by atoms with Crippen LogP contribution in [0.4, 0.5) is 0 Å². The summed E-state index contributed by atoms with van der Waals surface area (Å²) in [7, 11) is 1.67. The summed E-state index contributed by atoms with van der Waals surface area (Å²) in [4.78, 5) is 6.68. The Morgan fingerprint density at radius 1 is 1.53 bits per heavy atom. The van der Waals surface area contributed by atoms with Crippen molar-refractivity contribution in [1.82, 2.24) is 9.88 Å². The molecule has 0 radical (unpaired) electrons. The lowest BCUT2D eigenvalue weighted by atomic mass is 10.0. The van der Waals surface area contributed by atoms with Gasteiger partial charge in [0.1, 0.15) is 0 Å². The molecule has 4 heteroatoms. The maximum atomic E-state index is 5.83. The lowest BCUT2D eigenvalue weighted by molar-refractivity contribution is 0.143. The summed E-state index contributed by atoms with van der Waals surface area (Å²) >= 11 is 0. The number of nitrogens with zero attached hydrogens (tertiary/aromatic N) is 2. The third kappa shape index (κ3) is 2.96. The van der Waals surface area contributed by atoms with Crippen LogP contribution < -0.4 is 10.5 Å². The summed E-state index contributed by atoms with van der Waals surface area (Å²) in [5.74, 6) is 0.730. The predicted molar refractivity (Wildman–Crippen MR) is 67.9 cm³/mol. The number of likely N-dealkylation sites (tertiary alicyclic amines) is 1. The van der Waals surface area contributed by atoms with Crippen molar-refractivity contribution in [3.8, 4) is 5.88 Å². The van der Waals surface area contributed by atoms with Crippen molar-refractivity contribution in [2.75, 3.05) is 20.2 Å². The van der Waals surface area contributed by atoms with Gasteiger partial charge in [0, 0.05) is 30.9 Å². The van der Waals surface area contributed by atoms with Gasteiger partial charge < -0.3 is 10.5 Å².